The topological polar surface area (TPSA) is 120 Å². The van der Waals surface area contributed by atoms with Crippen LogP contribution in [-0.2, 0) is 4.79 Å². The summed E-state index contributed by atoms with van der Waals surface area (Å²) in [7, 11) is 1.61. The molecule has 0 unspecified atom stereocenters. The van der Waals surface area contributed by atoms with Gasteiger partial charge in [-0.2, -0.15) is 4.98 Å². The van der Waals surface area contributed by atoms with Gasteiger partial charge in [-0.3, -0.25) is 19.6 Å². The molecule has 0 atom stereocenters. The number of piperazine rings is 1. The first kappa shape index (κ1) is 13.3. The molecular formula is C10H17N7O2. The molecule has 9 heteroatoms. The molecule has 1 fully saturated rings. The number of nitrogens with zero attached hydrogens (tertiary/aromatic N) is 4. The predicted molar refractivity (Wildman–Crippen MR) is 67.2 cm³/mol. The summed E-state index contributed by atoms with van der Waals surface area (Å²) in [5, 5.41) is 8.71. The first-order chi connectivity index (χ1) is 9.10. The van der Waals surface area contributed by atoms with E-state index in [1.165, 1.54) is 0 Å². The molecule has 1 aliphatic rings. The summed E-state index contributed by atoms with van der Waals surface area (Å²) >= 11 is 0. The minimum atomic E-state index is -0.219. The largest absolute Gasteiger partial charge is 0.366 e. The van der Waals surface area contributed by atoms with Crippen molar-refractivity contribution in [3.8, 4) is 0 Å². The van der Waals surface area contributed by atoms with Crippen molar-refractivity contribution in [1.29, 1.82) is 0 Å². The molecule has 1 aromatic rings. The molecule has 0 aromatic carbocycles. The van der Waals surface area contributed by atoms with Crippen LogP contribution < -0.4 is 11.1 Å². The third-order valence-electron chi connectivity index (χ3n) is 3.01. The third-order valence-corrected chi connectivity index (χ3v) is 3.01. The average molecular weight is 267 g/mol. The van der Waals surface area contributed by atoms with Gasteiger partial charge in [-0.1, -0.05) is 0 Å². The number of carbonyl (C=O) groups excluding carboxylic acids is 2. The molecule has 2 amide bonds. The number of hydrogen-bond acceptors (Lipinski definition) is 6. The van der Waals surface area contributed by atoms with Crippen molar-refractivity contribution in [2.75, 3.05) is 45.5 Å². The van der Waals surface area contributed by atoms with Crippen LogP contribution in [-0.4, -0.2) is 76.6 Å². The molecule has 9 nitrogen and oxygen atoms in total. The fourth-order valence-electron chi connectivity index (χ4n) is 1.91. The van der Waals surface area contributed by atoms with Gasteiger partial charge in [0.25, 0.3) is 5.91 Å². The molecule has 0 bridgehead atoms. The lowest BCUT2D eigenvalue weighted by atomic mass is 10.3. The Bertz CT molecular complexity index is 464. The van der Waals surface area contributed by atoms with E-state index in [0.717, 1.165) is 0 Å². The second kappa shape index (κ2) is 5.65. The average Bonchev–Trinajstić information content (AvgIpc) is 2.85. The third kappa shape index (κ3) is 3.19. The monoisotopic (exact) mass is 267 g/mol. The van der Waals surface area contributed by atoms with Crippen LogP contribution in [0.5, 0.6) is 0 Å². The maximum absolute atomic E-state index is 12.0. The number of carbonyl (C=O) groups is 2. The van der Waals surface area contributed by atoms with Gasteiger partial charge >= 0.3 is 0 Å². The number of rotatable bonds is 3. The molecule has 0 spiro atoms. The van der Waals surface area contributed by atoms with Crippen molar-refractivity contribution in [2.45, 2.75) is 0 Å². The summed E-state index contributed by atoms with van der Waals surface area (Å²) in [6, 6.07) is 0. The van der Waals surface area contributed by atoms with E-state index in [0.29, 0.717) is 32.7 Å². The van der Waals surface area contributed by atoms with Crippen molar-refractivity contribution >= 4 is 17.8 Å². The quantitative estimate of drug-likeness (QED) is 0.576. The maximum Gasteiger partial charge on any atom is 0.291 e. The van der Waals surface area contributed by atoms with Gasteiger partial charge in [-0.05, 0) is 0 Å². The molecule has 0 aliphatic carbocycles. The molecular weight excluding hydrogens is 250 g/mol. The number of aromatic amines is 1. The van der Waals surface area contributed by atoms with Crippen LogP contribution in [0.3, 0.4) is 0 Å². The van der Waals surface area contributed by atoms with Gasteiger partial charge in [0.1, 0.15) is 0 Å². The Morgan fingerprint density at radius 3 is 2.58 bits per heavy atom. The second-order valence-corrected chi connectivity index (χ2v) is 4.28. The van der Waals surface area contributed by atoms with Crippen LogP contribution in [0.25, 0.3) is 0 Å². The van der Waals surface area contributed by atoms with E-state index >= 15 is 0 Å². The van der Waals surface area contributed by atoms with E-state index in [1.54, 1.807) is 11.9 Å². The number of nitrogens with one attached hydrogen (secondary N) is 2. The Balaban J connectivity index is 1.86. The Morgan fingerprint density at radius 2 is 2.05 bits per heavy atom. The number of anilines is 1. The minimum Gasteiger partial charge on any atom is -0.366 e. The van der Waals surface area contributed by atoms with E-state index in [1.807, 2.05) is 4.90 Å². The standard InChI is InChI=1S/C10H17N7O2/c1-12-7(18)6-16-2-4-17(5-3-16)9(19)8-13-10(11)15-14-8/h2-6H2,1H3,(H,12,18)(H3,11,13,14,15). The highest BCUT2D eigenvalue weighted by atomic mass is 16.2. The van der Waals surface area contributed by atoms with Gasteiger partial charge < -0.3 is 16.0 Å². The summed E-state index contributed by atoms with van der Waals surface area (Å²) in [5.74, 6) is -0.0366. The summed E-state index contributed by atoms with van der Waals surface area (Å²) in [6.07, 6.45) is 0. The second-order valence-electron chi connectivity index (χ2n) is 4.28. The summed E-state index contributed by atoms with van der Waals surface area (Å²) in [4.78, 5) is 30.8. The Labute approximate surface area is 110 Å². The minimum absolute atomic E-state index is 0.0252. The normalized spacial score (nSPS) is 16.4. The SMILES string of the molecule is CNC(=O)CN1CCN(C(=O)c2nc(N)n[nH]2)CC1. The first-order valence-electron chi connectivity index (χ1n) is 6.00. The summed E-state index contributed by atoms with van der Waals surface area (Å²) < 4.78 is 0. The van der Waals surface area contributed by atoms with E-state index in [9.17, 15) is 9.59 Å². The lowest BCUT2D eigenvalue weighted by Gasteiger charge is -2.33. The number of aromatic nitrogens is 3. The number of hydrogen-bond donors (Lipinski definition) is 3. The fourth-order valence-corrected chi connectivity index (χ4v) is 1.91. The van der Waals surface area contributed by atoms with E-state index in [2.05, 4.69) is 20.5 Å². The Hall–Kier alpha value is -2.16. The number of H-pyrrole nitrogens is 1. The zero-order valence-corrected chi connectivity index (χ0v) is 10.7. The lowest BCUT2D eigenvalue weighted by molar-refractivity contribution is -0.122. The highest BCUT2D eigenvalue weighted by Gasteiger charge is 2.24. The van der Waals surface area contributed by atoms with Crippen LogP contribution in [0.1, 0.15) is 10.6 Å². The lowest BCUT2D eigenvalue weighted by Crippen LogP contribution is -2.51. The number of amides is 2. The Kier molecular flexibility index (Phi) is 3.95. The van der Waals surface area contributed by atoms with Gasteiger partial charge in [0.05, 0.1) is 6.54 Å². The molecule has 0 saturated carbocycles. The van der Waals surface area contributed by atoms with E-state index in [4.69, 9.17) is 5.73 Å². The summed E-state index contributed by atoms with van der Waals surface area (Å²) in [6.45, 7) is 2.77. The number of nitrogens with two attached hydrogens (primary N) is 1. The van der Waals surface area contributed by atoms with Crippen LogP contribution in [0.2, 0.25) is 0 Å². The smallest absolute Gasteiger partial charge is 0.291 e. The molecule has 104 valence electrons. The maximum atomic E-state index is 12.0. The molecule has 2 heterocycles. The zero-order valence-electron chi connectivity index (χ0n) is 10.7. The first-order valence-corrected chi connectivity index (χ1v) is 6.00. The van der Waals surface area contributed by atoms with E-state index in [-0.39, 0.29) is 23.6 Å². The van der Waals surface area contributed by atoms with Crippen molar-refractivity contribution in [3.63, 3.8) is 0 Å². The number of likely N-dealkylation sites (N-methyl/N-ethyl adjacent to an activating group) is 1. The highest BCUT2D eigenvalue weighted by Crippen LogP contribution is 2.06. The van der Waals surface area contributed by atoms with Gasteiger partial charge in [-0.25, -0.2) is 0 Å². The molecule has 1 aliphatic heterocycles. The van der Waals surface area contributed by atoms with Gasteiger partial charge in [0.15, 0.2) is 0 Å². The van der Waals surface area contributed by atoms with Crippen molar-refractivity contribution < 1.29 is 9.59 Å². The van der Waals surface area contributed by atoms with Gasteiger partial charge in [0, 0.05) is 33.2 Å². The van der Waals surface area contributed by atoms with Crippen LogP contribution in [0.4, 0.5) is 5.95 Å². The molecule has 2 rings (SSSR count). The molecule has 1 saturated heterocycles. The highest BCUT2D eigenvalue weighted by molar-refractivity contribution is 5.90. The number of nitrogen functional groups attached to an aromatic ring is 1. The van der Waals surface area contributed by atoms with Gasteiger partial charge in [-0.15, -0.1) is 5.10 Å². The van der Waals surface area contributed by atoms with Crippen molar-refractivity contribution in [2.24, 2.45) is 0 Å². The van der Waals surface area contributed by atoms with Crippen molar-refractivity contribution in [3.05, 3.63) is 5.82 Å². The van der Waals surface area contributed by atoms with Crippen LogP contribution >= 0.6 is 0 Å². The Morgan fingerprint density at radius 1 is 1.37 bits per heavy atom. The zero-order chi connectivity index (χ0) is 13.8. The summed E-state index contributed by atoms with van der Waals surface area (Å²) in [5.41, 5.74) is 5.36. The van der Waals surface area contributed by atoms with Gasteiger partial charge in [0.2, 0.25) is 17.7 Å². The van der Waals surface area contributed by atoms with Crippen LogP contribution in [0.15, 0.2) is 0 Å². The molecule has 0 radical (unpaired) electrons. The van der Waals surface area contributed by atoms with Crippen molar-refractivity contribution in [1.82, 2.24) is 30.3 Å². The predicted octanol–water partition coefficient (Wildman–Crippen LogP) is -2.11. The van der Waals surface area contributed by atoms with E-state index < -0.39 is 0 Å². The van der Waals surface area contributed by atoms with Crippen LogP contribution in [0, 0.1) is 0 Å². The molecule has 4 N–H and O–H groups in total. The fraction of sp³-hybridized carbons (Fsp3) is 0.600. The molecule has 1 aromatic heterocycles. The molecule has 19 heavy (non-hydrogen) atoms.